The monoisotopic (exact) mass is 405 g/mol. The van der Waals surface area contributed by atoms with Crippen molar-refractivity contribution in [3.63, 3.8) is 0 Å². The van der Waals surface area contributed by atoms with Crippen LogP contribution in [0.2, 0.25) is 0 Å². The van der Waals surface area contributed by atoms with Crippen LogP contribution in [0.15, 0.2) is 0 Å². The Kier molecular flexibility index (Phi) is 4.86. The van der Waals surface area contributed by atoms with E-state index in [0.717, 1.165) is 24.2 Å². The van der Waals surface area contributed by atoms with Gasteiger partial charge >= 0.3 is 12.0 Å². The predicted molar refractivity (Wildman–Crippen MR) is 104 cm³/mol. The first-order valence-corrected chi connectivity index (χ1v) is 10.8. The van der Waals surface area contributed by atoms with Gasteiger partial charge in [-0.1, -0.05) is 6.92 Å². The van der Waals surface area contributed by atoms with Gasteiger partial charge in [0.25, 0.3) is 11.8 Å². The molecule has 2 atom stereocenters. The summed E-state index contributed by atoms with van der Waals surface area (Å²) in [5.41, 5.74) is -1.15. The third-order valence-corrected chi connectivity index (χ3v) is 7.44. The fraction of sp³-hybridized carbons (Fsp3) is 0.810. The number of ether oxygens (including phenoxy) is 1. The average molecular weight is 405 g/mol. The number of hydrogen-bond acceptors (Lipinski definition) is 5. The Morgan fingerprint density at radius 2 is 1.72 bits per heavy atom. The summed E-state index contributed by atoms with van der Waals surface area (Å²) < 4.78 is 5.26. The lowest BCUT2D eigenvalue weighted by Gasteiger charge is -2.57. The quantitative estimate of drug-likeness (QED) is 0.517. The number of carbonyl (C=O) groups excluding carboxylic acids is 4. The van der Waals surface area contributed by atoms with Crippen molar-refractivity contribution in [3.05, 3.63) is 0 Å². The summed E-state index contributed by atoms with van der Waals surface area (Å²) in [6.07, 6.45) is 6.35. The van der Waals surface area contributed by atoms with Gasteiger partial charge in [-0.05, 0) is 76.5 Å². The predicted octanol–water partition coefficient (Wildman–Crippen LogP) is 1.72. The lowest BCUT2D eigenvalue weighted by atomic mass is 9.53. The molecule has 0 aromatic heterocycles. The van der Waals surface area contributed by atoms with E-state index in [0.29, 0.717) is 24.2 Å². The molecule has 0 spiro atoms. The van der Waals surface area contributed by atoms with Crippen LogP contribution >= 0.6 is 0 Å². The minimum Gasteiger partial charge on any atom is -0.451 e. The van der Waals surface area contributed by atoms with E-state index in [9.17, 15) is 19.2 Å². The van der Waals surface area contributed by atoms with Crippen molar-refractivity contribution in [1.82, 2.24) is 15.5 Å². The van der Waals surface area contributed by atoms with E-state index < -0.39 is 36.1 Å². The molecule has 160 valence electrons. The van der Waals surface area contributed by atoms with Gasteiger partial charge < -0.3 is 15.4 Å². The molecular weight excluding hydrogens is 374 g/mol. The lowest BCUT2D eigenvalue weighted by molar-refractivity contribution is -0.158. The summed E-state index contributed by atoms with van der Waals surface area (Å²) in [4.78, 5) is 50.3. The largest absolute Gasteiger partial charge is 0.451 e. The van der Waals surface area contributed by atoms with Gasteiger partial charge in [0.15, 0.2) is 6.10 Å². The molecule has 4 bridgehead atoms. The third-order valence-electron chi connectivity index (χ3n) is 7.44. The molecule has 0 aromatic carbocycles. The molecule has 4 aliphatic carbocycles. The molecule has 29 heavy (non-hydrogen) atoms. The second-order valence-corrected chi connectivity index (χ2v) is 9.83. The first-order chi connectivity index (χ1) is 13.6. The third kappa shape index (κ3) is 3.62. The standard InChI is InChI=1S/C21H31N3O5/c1-4-20(3)18(27)24(19(28)23-20)11-16(25)29-12(2)17(26)22-21-8-13-5-14(9-21)7-15(6-13)10-21/h12-15H,4-11H2,1-3H3,(H,22,26)(H,23,28)/t12-,13?,14?,15?,20+,21?/m0/s1. The van der Waals surface area contributed by atoms with E-state index in [1.807, 2.05) is 0 Å². The van der Waals surface area contributed by atoms with Crippen LogP contribution in [-0.2, 0) is 19.1 Å². The summed E-state index contributed by atoms with van der Waals surface area (Å²) >= 11 is 0. The SMILES string of the molecule is CC[C@@]1(C)NC(=O)N(CC(=O)O[C@@H](C)C(=O)NC23CC4CC(CC(C4)C2)C3)C1=O. The summed E-state index contributed by atoms with van der Waals surface area (Å²) in [5, 5.41) is 5.78. The van der Waals surface area contributed by atoms with Crippen LogP contribution in [0.5, 0.6) is 0 Å². The molecule has 1 saturated heterocycles. The number of imide groups is 1. The Balaban J connectivity index is 1.32. The van der Waals surface area contributed by atoms with E-state index in [1.54, 1.807) is 13.8 Å². The molecule has 5 rings (SSSR count). The average Bonchev–Trinajstić information content (AvgIpc) is 2.84. The molecule has 8 heteroatoms. The highest BCUT2D eigenvalue weighted by Crippen LogP contribution is 2.55. The van der Waals surface area contributed by atoms with E-state index in [2.05, 4.69) is 10.6 Å². The van der Waals surface area contributed by atoms with E-state index in [1.165, 1.54) is 26.2 Å². The van der Waals surface area contributed by atoms with Crippen molar-refractivity contribution in [2.45, 2.75) is 82.9 Å². The van der Waals surface area contributed by atoms with Crippen molar-refractivity contribution < 1.29 is 23.9 Å². The highest BCUT2D eigenvalue weighted by molar-refractivity contribution is 6.08. The topological polar surface area (TPSA) is 105 Å². The minimum atomic E-state index is -1.00. The van der Waals surface area contributed by atoms with Gasteiger partial charge in [-0.2, -0.15) is 0 Å². The first-order valence-electron chi connectivity index (χ1n) is 10.8. The zero-order valence-corrected chi connectivity index (χ0v) is 17.5. The van der Waals surface area contributed by atoms with Gasteiger partial charge in [-0.3, -0.25) is 19.3 Å². The molecule has 4 saturated carbocycles. The molecule has 0 unspecified atom stereocenters. The van der Waals surface area contributed by atoms with Crippen LogP contribution in [0, 0.1) is 17.8 Å². The number of hydrogen-bond donors (Lipinski definition) is 2. The number of esters is 1. The Morgan fingerprint density at radius 3 is 2.21 bits per heavy atom. The normalized spacial score (nSPS) is 38.7. The Morgan fingerprint density at radius 1 is 1.17 bits per heavy atom. The first kappa shape index (κ1) is 20.2. The van der Waals surface area contributed by atoms with Crippen LogP contribution in [0.4, 0.5) is 4.79 Å². The lowest BCUT2D eigenvalue weighted by Crippen LogP contribution is -2.61. The molecule has 1 aliphatic heterocycles. The smallest absolute Gasteiger partial charge is 0.327 e. The highest BCUT2D eigenvalue weighted by Gasteiger charge is 2.52. The van der Waals surface area contributed by atoms with Crippen LogP contribution in [0.25, 0.3) is 0 Å². The molecule has 4 amide bonds. The summed E-state index contributed by atoms with van der Waals surface area (Å²) in [6.45, 7) is 4.46. The number of amides is 4. The van der Waals surface area contributed by atoms with Crippen molar-refractivity contribution in [2.75, 3.05) is 6.54 Å². The maximum atomic E-state index is 12.7. The van der Waals surface area contributed by atoms with Crippen LogP contribution < -0.4 is 10.6 Å². The molecule has 1 heterocycles. The zero-order chi connectivity index (χ0) is 21.0. The van der Waals surface area contributed by atoms with Crippen LogP contribution in [0.3, 0.4) is 0 Å². The molecule has 5 aliphatic rings. The van der Waals surface area contributed by atoms with Gasteiger partial charge in [-0.25, -0.2) is 4.79 Å². The second kappa shape index (κ2) is 6.99. The maximum Gasteiger partial charge on any atom is 0.327 e. The number of rotatable bonds is 6. The minimum absolute atomic E-state index is 0.153. The van der Waals surface area contributed by atoms with E-state index in [4.69, 9.17) is 4.74 Å². The van der Waals surface area contributed by atoms with Gasteiger partial charge in [0.1, 0.15) is 12.1 Å². The highest BCUT2D eigenvalue weighted by atomic mass is 16.5. The van der Waals surface area contributed by atoms with E-state index in [-0.39, 0.29) is 11.4 Å². The van der Waals surface area contributed by atoms with Gasteiger partial charge in [0.2, 0.25) is 0 Å². The number of carbonyl (C=O) groups is 4. The molecule has 0 radical (unpaired) electrons. The maximum absolute atomic E-state index is 12.7. The molecule has 8 nitrogen and oxygen atoms in total. The zero-order valence-electron chi connectivity index (χ0n) is 17.5. The Bertz CT molecular complexity index is 715. The number of nitrogens with zero attached hydrogens (tertiary/aromatic N) is 1. The fourth-order valence-electron chi connectivity index (χ4n) is 6.17. The summed E-state index contributed by atoms with van der Waals surface area (Å²) in [7, 11) is 0. The Labute approximate surface area is 171 Å². The number of nitrogens with one attached hydrogen (secondary N) is 2. The molecule has 0 aromatic rings. The van der Waals surface area contributed by atoms with E-state index >= 15 is 0 Å². The second-order valence-electron chi connectivity index (χ2n) is 9.83. The van der Waals surface area contributed by atoms with Crippen LogP contribution in [-0.4, -0.2) is 52.4 Å². The molecule has 2 N–H and O–H groups in total. The molecule has 5 fully saturated rings. The van der Waals surface area contributed by atoms with Gasteiger partial charge in [0.05, 0.1) is 0 Å². The van der Waals surface area contributed by atoms with Crippen molar-refractivity contribution in [3.8, 4) is 0 Å². The fourth-order valence-corrected chi connectivity index (χ4v) is 6.17. The molecular formula is C21H31N3O5. The number of urea groups is 1. The Hall–Kier alpha value is -2.12. The van der Waals surface area contributed by atoms with Crippen molar-refractivity contribution >= 4 is 23.8 Å². The summed E-state index contributed by atoms with van der Waals surface area (Å²) in [6, 6.07) is -0.609. The summed E-state index contributed by atoms with van der Waals surface area (Å²) in [5.74, 6) is 0.594. The van der Waals surface area contributed by atoms with Gasteiger partial charge in [-0.15, -0.1) is 0 Å². The van der Waals surface area contributed by atoms with Crippen LogP contribution in [0.1, 0.15) is 65.7 Å². The van der Waals surface area contributed by atoms with Crippen molar-refractivity contribution in [2.24, 2.45) is 17.8 Å². The van der Waals surface area contributed by atoms with Crippen molar-refractivity contribution in [1.29, 1.82) is 0 Å². The van der Waals surface area contributed by atoms with Gasteiger partial charge in [0, 0.05) is 5.54 Å².